The molecule has 1 aliphatic rings. The van der Waals surface area contributed by atoms with Crippen molar-refractivity contribution in [2.75, 3.05) is 19.6 Å². The third-order valence-electron chi connectivity index (χ3n) is 4.89. The molecule has 1 fully saturated rings. The Morgan fingerprint density at radius 3 is 2.65 bits per heavy atom. The Morgan fingerprint density at radius 1 is 1.22 bits per heavy atom. The fourth-order valence-electron chi connectivity index (χ4n) is 3.44. The summed E-state index contributed by atoms with van der Waals surface area (Å²) in [6.07, 6.45) is 4.43. The Bertz CT molecular complexity index is 653. The lowest BCUT2D eigenvalue weighted by molar-refractivity contribution is 0.184. The van der Waals surface area contributed by atoms with Crippen LogP contribution >= 0.6 is 0 Å². The van der Waals surface area contributed by atoms with Crippen LogP contribution in [0.5, 0.6) is 0 Å². The highest BCUT2D eigenvalue weighted by Crippen LogP contribution is 2.20. The van der Waals surface area contributed by atoms with Gasteiger partial charge < -0.3 is 4.90 Å². The highest BCUT2D eigenvalue weighted by atomic mass is 16.1. The molecule has 0 spiro atoms. The first-order valence-electron chi connectivity index (χ1n) is 8.66. The quantitative estimate of drug-likeness (QED) is 0.888. The van der Waals surface area contributed by atoms with E-state index in [4.69, 9.17) is 0 Å². The van der Waals surface area contributed by atoms with Crippen LogP contribution in [-0.4, -0.2) is 39.3 Å². The van der Waals surface area contributed by atoms with Crippen LogP contribution in [0.2, 0.25) is 0 Å². The average Bonchev–Trinajstić information content (AvgIpc) is 2.95. The number of likely N-dealkylation sites (tertiary alicyclic amines) is 1. The van der Waals surface area contributed by atoms with Crippen LogP contribution in [0.25, 0.3) is 0 Å². The van der Waals surface area contributed by atoms with E-state index in [1.165, 1.54) is 18.4 Å². The number of piperidine rings is 1. The van der Waals surface area contributed by atoms with Crippen molar-refractivity contribution in [1.29, 1.82) is 0 Å². The monoisotopic (exact) mass is 314 g/mol. The van der Waals surface area contributed by atoms with Crippen LogP contribution in [0.15, 0.2) is 35.1 Å². The number of H-pyrrole nitrogens is 1. The molecule has 0 radical (unpaired) electrons. The lowest BCUT2D eigenvalue weighted by atomic mass is 9.93. The summed E-state index contributed by atoms with van der Waals surface area (Å²) in [6, 6.07) is 10.7. The Balaban J connectivity index is 1.46. The lowest BCUT2D eigenvalue weighted by Gasteiger charge is -2.31. The molecule has 3 rings (SSSR count). The SMILES string of the molecule is CCn1c(CC2CCN(CCc3ccccc3)CC2)n[nH]c1=O. The molecule has 0 bridgehead atoms. The van der Waals surface area contributed by atoms with E-state index < -0.39 is 0 Å². The molecule has 1 aromatic heterocycles. The fourth-order valence-corrected chi connectivity index (χ4v) is 3.44. The zero-order valence-corrected chi connectivity index (χ0v) is 13.9. The van der Waals surface area contributed by atoms with Gasteiger partial charge in [0.25, 0.3) is 0 Å². The molecule has 23 heavy (non-hydrogen) atoms. The number of nitrogens with zero attached hydrogens (tertiary/aromatic N) is 3. The number of rotatable bonds is 6. The molecule has 1 aromatic carbocycles. The summed E-state index contributed by atoms with van der Waals surface area (Å²) in [7, 11) is 0. The van der Waals surface area contributed by atoms with Crippen LogP contribution in [0.4, 0.5) is 0 Å². The molecule has 0 unspecified atom stereocenters. The normalized spacial score (nSPS) is 16.7. The summed E-state index contributed by atoms with van der Waals surface area (Å²) in [4.78, 5) is 14.2. The largest absolute Gasteiger partial charge is 0.343 e. The molecule has 2 aromatic rings. The van der Waals surface area contributed by atoms with Crippen molar-refractivity contribution < 1.29 is 0 Å². The van der Waals surface area contributed by atoms with Crippen molar-refractivity contribution in [3.63, 3.8) is 0 Å². The number of aromatic amines is 1. The number of hydrogen-bond donors (Lipinski definition) is 1. The first-order valence-corrected chi connectivity index (χ1v) is 8.66. The van der Waals surface area contributed by atoms with Gasteiger partial charge in [-0.25, -0.2) is 9.89 Å². The predicted molar refractivity (Wildman–Crippen MR) is 91.5 cm³/mol. The van der Waals surface area contributed by atoms with Crippen LogP contribution in [0, 0.1) is 5.92 Å². The molecule has 0 amide bonds. The maximum Gasteiger partial charge on any atom is 0.343 e. The lowest BCUT2D eigenvalue weighted by Crippen LogP contribution is -2.36. The van der Waals surface area contributed by atoms with E-state index in [9.17, 15) is 4.79 Å². The minimum atomic E-state index is -0.0807. The zero-order valence-electron chi connectivity index (χ0n) is 13.9. The smallest absolute Gasteiger partial charge is 0.303 e. The number of aromatic nitrogens is 3. The topological polar surface area (TPSA) is 53.9 Å². The van der Waals surface area contributed by atoms with Crippen LogP contribution in [-0.2, 0) is 19.4 Å². The van der Waals surface area contributed by atoms with E-state index in [1.54, 1.807) is 4.57 Å². The summed E-state index contributed by atoms with van der Waals surface area (Å²) in [5.41, 5.74) is 1.33. The zero-order chi connectivity index (χ0) is 16.1. The third kappa shape index (κ3) is 4.10. The van der Waals surface area contributed by atoms with E-state index in [2.05, 4.69) is 45.4 Å². The van der Waals surface area contributed by atoms with Gasteiger partial charge in [0.1, 0.15) is 5.82 Å². The molecule has 1 N–H and O–H groups in total. The van der Waals surface area contributed by atoms with Gasteiger partial charge in [-0.2, -0.15) is 5.10 Å². The second-order valence-electron chi connectivity index (χ2n) is 6.41. The van der Waals surface area contributed by atoms with Gasteiger partial charge in [0.05, 0.1) is 0 Å². The van der Waals surface area contributed by atoms with Crippen molar-refractivity contribution >= 4 is 0 Å². The van der Waals surface area contributed by atoms with Gasteiger partial charge in [-0.15, -0.1) is 0 Å². The highest BCUT2D eigenvalue weighted by molar-refractivity contribution is 5.14. The summed E-state index contributed by atoms with van der Waals surface area (Å²) in [5, 5.41) is 6.76. The van der Waals surface area contributed by atoms with E-state index in [0.29, 0.717) is 12.5 Å². The maximum absolute atomic E-state index is 11.6. The van der Waals surface area contributed by atoms with Gasteiger partial charge in [0.2, 0.25) is 0 Å². The van der Waals surface area contributed by atoms with Crippen molar-refractivity contribution in [2.45, 2.75) is 39.2 Å². The standard InChI is InChI=1S/C18H26N4O/c1-2-22-17(19-20-18(22)23)14-16-9-12-21(13-10-16)11-8-15-6-4-3-5-7-15/h3-7,16H,2,8-14H2,1H3,(H,20,23). The minimum absolute atomic E-state index is 0.0807. The summed E-state index contributed by atoms with van der Waals surface area (Å²) >= 11 is 0. The molecular formula is C18H26N4O. The molecule has 2 heterocycles. The van der Waals surface area contributed by atoms with Crippen molar-refractivity contribution in [3.05, 3.63) is 52.2 Å². The van der Waals surface area contributed by atoms with Crippen LogP contribution in [0.1, 0.15) is 31.2 Å². The van der Waals surface area contributed by atoms with Gasteiger partial charge in [-0.1, -0.05) is 30.3 Å². The number of nitrogens with one attached hydrogen (secondary N) is 1. The molecule has 5 heteroatoms. The summed E-state index contributed by atoms with van der Waals surface area (Å²) < 4.78 is 1.75. The van der Waals surface area contributed by atoms with Gasteiger partial charge >= 0.3 is 5.69 Å². The van der Waals surface area contributed by atoms with Gasteiger partial charge in [-0.3, -0.25) is 4.57 Å². The molecule has 1 saturated heterocycles. The van der Waals surface area contributed by atoms with Gasteiger partial charge in [0.15, 0.2) is 0 Å². The van der Waals surface area contributed by atoms with E-state index in [-0.39, 0.29) is 5.69 Å². The second kappa shape index (κ2) is 7.59. The molecule has 0 aliphatic carbocycles. The summed E-state index contributed by atoms with van der Waals surface area (Å²) in [6.45, 7) is 6.13. The Labute approximate surface area is 137 Å². The average molecular weight is 314 g/mol. The van der Waals surface area contributed by atoms with Gasteiger partial charge in [-0.05, 0) is 50.8 Å². The van der Waals surface area contributed by atoms with Crippen molar-refractivity contribution in [2.24, 2.45) is 5.92 Å². The maximum atomic E-state index is 11.6. The van der Waals surface area contributed by atoms with Crippen molar-refractivity contribution in [1.82, 2.24) is 19.7 Å². The first-order chi connectivity index (χ1) is 11.3. The minimum Gasteiger partial charge on any atom is -0.303 e. The van der Waals surface area contributed by atoms with Crippen molar-refractivity contribution in [3.8, 4) is 0 Å². The van der Waals surface area contributed by atoms with Gasteiger partial charge in [0, 0.05) is 19.5 Å². The Morgan fingerprint density at radius 2 is 1.96 bits per heavy atom. The molecular weight excluding hydrogens is 288 g/mol. The van der Waals surface area contributed by atoms with E-state index in [0.717, 1.165) is 38.3 Å². The Hall–Kier alpha value is -1.88. The predicted octanol–water partition coefficient (Wildman–Crippen LogP) is 2.09. The van der Waals surface area contributed by atoms with Crippen LogP contribution in [0.3, 0.4) is 0 Å². The molecule has 0 saturated carbocycles. The molecule has 124 valence electrons. The summed E-state index contributed by atoms with van der Waals surface area (Å²) in [5.74, 6) is 1.56. The van der Waals surface area contributed by atoms with E-state index >= 15 is 0 Å². The first kappa shape index (κ1) is 16.0. The van der Waals surface area contributed by atoms with E-state index in [1.807, 2.05) is 6.92 Å². The molecule has 0 atom stereocenters. The molecule has 1 aliphatic heterocycles. The second-order valence-corrected chi connectivity index (χ2v) is 6.41. The molecule has 5 nitrogen and oxygen atoms in total. The Kier molecular flexibility index (Phi) is 5.28. The fraction of sp³-hybridized carbons (Fsp3) is 0.556. The number of hydrogen-bond acceptors (Lipinski definition) is 3. The number of benzene rings is 1. The highest BCUT2D eigenvalue weighted by Gasteiger charge is 2.21. The third-order valence-corrected chi connectivity index (χ3v) is 4.89. The van der Waals surface area contributed by atoms with Crippen LogP contribution < -0.4 is 5.69 Å².